The summed E-state index contributed by atoms with van der Waals surface area (Å²) in [6, 6.07) is 3.49. The van der Waals surface area contributed by atoms with Crippen molar-refractivity contribution in [3.8, 4) is 10.7 Å². The van der Waals surface area contributed by atoms with E-state index in [-0.39, 0.29) is 16.4 Å². The van der Waals surface area contributed by atoms with Gasteiger partial charge in [-0.3, -0.25) is 4.98 Å². The molecule has 1 N–H and O–H groups in total. The van der Waals surface area contributed by atoms with E-state index < -0.39 is 11.9 Å². The second-order valence-corrected chi connectivity index (χ2v) is 6.33. The summed E-state index contributed by atoms with van der Waals surface area (Å²) in [5.41, 5.74) is -0.431. The first-order valence-electron chi connectivity index (χ1n) is 6.35. The smallest absolute Gasteiger partial charge is 0.309 e. The van der Waals surface area contributed by atoms with Crippen molar-refractivity contribution >= 4 is 22.9 Å². The van der Waals surface area contributed by atoms with E-state index in [2.05, 4.69) is 15.3 Å². The first-order chi connectivity index (χ1) is 9.93. The summed E-state index contributed by atoms with van der Waals surface area (Å²) in [6.07, 6.45) is -1.02. The van der Waals surface area contributed by atoms with E-state index in [1.165, 1.54) is 6.20 Å². The highest BCUT2D eigenvalue weighted by molar-refractivity contribution is 7.15. The van der Waals surface area contributed by atoms with Crippen LogP contribution >= 0.6 is 22.9 Å². The highest BCUT2D eigenvalue weighted by Gasteiger charge is 2.38. The molecular weight excluding hydrogens is 323 g/mol. The van der Waals surface area contributed by atoms with Gasteiger partial charge in [-0.2, -0.15) is 13.2 Å². The van der Waals surface area contributed by atoms with E-state index in [0.29, 0.717) is 16.8 Å². The number of rotatable bonds is 4. The van der Waals surface area contributed by atoms with Gasteiger partial charge in [0.05, 0.1) is 15.6 Å². The average Bonchev–Trinajstić information content (AvgIpc) is 3.14. The maximum atomic E-state index is 13.1. The summed E-state index contributed by atoms with van der Waals surface area (Å²) >= 11 is 6.75. The van der Waals surface area contributed by atoms with Crippen molar-refractivity contribution < 1.29 is 13.2 Å². The van der Waals surface area contributed by atoms with Gasteiger partial charge in [0.1, 0.15) is 5.01 Å². The fraction of sp³-hybridized carbons (Fsp3) is 0.385. The Morgan fingerprint density at radius 1 is 1.33 bits per heavy atom. The lowest BCUT2D eigenvalue weighted by atomic mass is 10.3. The molecule has 0 spiro atoms. The molecule has 8 heteroatoms. The molecule has 0 saturated heterocycles. The molecular formula is C13H11ClF3N3S. The van der Waals surface area contributed by atoms with Crippen LogP contribution in [0.4, 0.5) is 13.2 Å². The number of hydrogen-bond acceptors (Lipinski definition) is 4. The van der Waals surface area contributed by atoms with Crippen LogP contribution in [0.5, 0.6) is 0 Å². The van der Waals surface area contributed by atoms with Crippen LogP contribution in [-0.2, 0) is 12.7 Å². The molecule has 1 aliphatic rings. The molecule has 0 bridgehead atoms. The van der Waals surface area contributed by atoms with E-state index in [4.69, 9.17) is 11.6 Å². The molecule has 0 aliphatic heterocycles. The van der Waals surface area contributed by atoms with Crippen LogP contribution in [-0.4, -0.2) is 16.0 Å². The summed E-state index contributed by atoms with van der Waals surface area (Å²) < 4.78 is 39.2. The minimum absolute atomic E-state index is 0.185. The molecule has 0 amide bonds. The van der Waals surface area contributed by atoms with Crippen LogP contribution in [0.3, 0.4) is 0 Å². The maximum Gasteiger partial charge on any atom is 0.434 e. The highest BCUT2D eigenvalue weighted by Crippen LogP contribution is 2.37. The normalized spacial score (nSPS) is 15.4. The molecule has 1 aliphatic carbocycles. The number of thiazole rings is 1. The molecule has 0 atom stereocenters. The summed E-state index contributed by atoms with van der Waals surface area (Å²) in [6.45, 7) is 0.185. The van der Waals surface area contributed by atoms with Crippen LogP contribution in [0, 0.1) is 0 Å². The number of hydrogen-bond donors (Lipinski definition) is 1. The van der Waals surface area contributed by atoms with E-state index in [1.54, 1.807) is 12.1 Å². The van der Waals surface area contributed by atoms with Gasteiger partial charge in [-0.15, -0.1) is 11.3 Å². The number of aromatic nitrogens is 2. The quantitative estimate of drug-likeness (QED) is 0.914. The average molecular weight is 334 g/mol. The van der Waals surface area contributed by atoms with Crippen LogP contribution in [0.1, 0.15) is 23.4 Å². The molecule has 2 heterocycles. The summed E-state index contributed by atoms with van der Waals surface area (Å²) in [5.74, 6) is 0. The third-order valence-corrected chi connectivity index (χ3v) is 4.34. The summed E-state index contributed by atoms with van der Waals surface area (Å²) in [5, 5.41) is 3.78. The Balaban J connectivity index is 1.91. The van der Waals surface area contributed by atoms with Crippen molar-refractivity contribution in [3.05, 3.63) is 33.9 Å². The van der Waals surface area contributed by atoms with E-state index in [0.717, 1.165) is 24.2 Å². The molecule has 112 valence electrons. The maximum absolute atomic E-state index is 13.1. The molecule has 3 rings (SSSR count). The lowest BCUT2D eigenvalue weighted by Crippen LogP contribution is -2.18. The molecule has 1 fully saturated rings. The zero-order chi connectivity index (χ0) is 15.0. The second-order valence-electron chi connectivity index (χ2n) is 4.81. The number of nitrogens with one attached hydrogen (secondary N) is 1. The molecule has 0 aromatic carbocycles. The zero-order valence-corrected chi connectivity index (χ0v) is 12.3. The monoisotopic (exact) mass is 333 g/mol. The van der Waals surface area contributed by atoms with Crippen LogP contribution in [0.15, 0.2) is 18.3 Å². The largest absolute Gasteiger partial charge is 0.434 e. The first kappa shape index (κ1) is 14.7. The molecule has 21 heavy (non-hydrogen) atoms. The third kappa shape index (κ3) is 3.53. The number of alkyl halides is 3. The first-order valence-corrected chi connectivity index (χ1v) is 7.55. The molecule has 1 saturated carbocycles. The lowest BCUT2D eigenvalue weighted by molar-refractivity contribution is -0.141. The van der Waals surface area contributed by atoms with Crippen molar-refractivity contribution in [1.82, 2.24) is 15.3 Å². The van der Waals surface area contributed by atoms with Crippen LogP contribution < -0.4 is 5.32 Å². The van der Waals surface area contributed by atoms with Gasteiger partial charge in [-0.1, -0.05) is 11.6 Å². The molecule has 0 unspecified atom stereocenters. The SMILES string of the molecule is FC(F)(F)c1nc(-c2ccc(Cl)cn2)sc1CNC1CC1. The Bertz CT molecular complexity index is 635. The van der Waals surface area contributed by atoms with Gasteiger partial charge in [0.15, 0.2) is 5.69 Å². The van der Waals surface area contributed by atoms with Gasteiger partial charge in [0, 0.05) is 18.8 Å². The summed E-state index contributed by atoms with van der Waals surface area (Å²) in [7, 11) is 0. The lowest BCUT2D eigenvalue weighted by Gasteiger charge is -2.06. The van der Waals surface area contributed by atoms with Crippen LogP contribution in [0.25, 0.3) is 10.7 Å². The van der Waals surface area contributed by atoms with Crippen molar-refractivity contribution in [3.63, 3.8) is 0 Å². The van der Waals surface area contributed by atoms with E-state index in [1.807, 2.05) is 0 Å². The Morgan fingerprint density at radius 3 is 2.67 bits per heavy atom. The second kappa shape index (κ2) is 5.55. The minimum atomic E-state index is -4.46. The predicted molar refractivity (Wildman–Crippen MR) is 75.2 cm³/mol. The fourth-order valence-electron chi connectivity index (χ4n) is 1.83. The van der Waals surface area contributed by atoms with Crippen molar-refractivity contribution in [2.75, 3.05) is 0 Å². The molecule has 2 aromatic rings. The topological polar surface area (TPSA) is 37.8 Å². The van der Waals surface area contributed by atoms with Crippen molar-refractivity contribution in [2.24, 2.45) is 0 Å². The molecule has 0 radical (unpaired) electrons. The Labute approximate surface area is 128 Å². The van der Waals surface area contributed by atoms with E-state index in [9.17, 15) is 13.2 Å². The van der Waals surface area contributed by atoms with Gasteiger partial charge in [0.2, 0.25) is 0 Å². The van der Waals surface area contributed by atoms with Gasteiger partial charge >= 0.3 is 6.18 Å². The van der Waals surface area contributed by atoms with E-state index >= 15 is 0 Å². The Hall–Kier alpha value is -1.18. The zero-order valence-electron chi connectivity index (χ0n) is 10.7. The number of pyridine rings is 1. The minimum Gasteiger partial charge on any atom is -0.309 e. The number of halogens is 4. The fourth-order valence-corrected chi connectivity index (χ4v) is 2.95. The number of nitrogens with zero attached hydrogens (tertiary/aromatic N) is 2. The Kier molecular flexibility index (Phi) is 3.90. The van der Waals surface area contributed by atoms with Crippen molar-refractivity contribution in [1.29, 1.82) is 0 Å². The van der Waals surface area contributed by atoms with Crippen molar-refractivity contribution in [2.45, 2.75) is 31.6 Å². The van der Waals surface area contributed by atoms with Gasteiger partial charge in [0.25, 0.3) is 0 Å². The van der Waals surface area contributed by atoms with Gasteiger partial charge in [-0.25, -0.2) is 4.98 Å². The molecule has 2 aromatic heterocycles. The summed E-state index contributed by atoms with van der Waals surface area (Å²) in [4.78, 5) is 7.94. The highest BCUT2D eigenvalue weighted by atomic mass is 35.5. The van der Waals surface area contributed by atoms with Gasteiger partial charge < -0.3 is 5.32 Å². The molecule has 3 nitrogen and oxygen atoms in total. The Morgan fingerprint density at radius 2 is 2.10 bits per heavy atom. The predicted octanol–water partition coefficient (Wildman–Crippen LogP) is 4.13. The van der Waals surface area contributed by atoms with Crippen LogP contribution in [0.2, 0.25) is 5.02 Å². The third-order valence-electron chi connectivity index (χ3n) is 3.04. The van der Waals surface area contributed by atoms with Gasteiger partial charge in [-0.05, 0) is 25.0 Å². The standard InChI is InChI=1S/C13H11ClF3N3S/c14-7-1-4-9(19-5-7)12-20-11(13(15,16)17)10(21-12)6-18-8-2-3-8/h1,4-5,8,18H,2-3,6H2.